The molecule has 2 aromatic heterocycles. The highest BCUT2D eigenvalue weighted by atomic mass is 16.6. The molecule has 0 atom stereocenters. The van der Waals surface area contributed by atoms with E-state index in [1.165, 1.54) is 6.07 Å². The minimum atomic E-state index is -0.501. The first-order chi connectivity index (χ1) is 9.31. The van der Waals surface area contributed by atoms with E-state index in [0.717, 1.165) is 5.69 Å². The van der Waals surface area contributed by atoms with Crippen LogP contribution in [0, 0.1) is 17.0 Å². The van der Waals surface area contributed by atoms with Gasteiger partial charge < -0.3 is 10.1 Å². The van der Waals surface area contributed by atoms with Gasteiger partial charge in [-0.1, -0.05) is 0 Å². The van der Waals surface area contributed by atoms with Gasteiger partial charge in [-0.3, -0.25) is 4.68 Å². The van der Waals surface area contributed by atoms with Crippen LogP contribution in [0.1, 0.15) is 45.5 Å². The molecule has 0 amide bonds. The Bertz CT molecular complexity index is 557. The lowest BCUT2D eigenvalue weighted by Gasteiger charge is -2.02. The largest absolute Gasteiger partial charge is 0.389 e. The summed E-state index contributed by atoms with van der Waals surface area (Å²) in [7, 11) is 0. The van der Waals surface area contributed by atoms with E-state index in [4.69, 9.17) is 0 Å². The number of nitrogens with zero attached hydrogens (tertiary/aromatic N) is 5. The molecule has 2 aromatic rings. The maximum atomic E-state index is 10.2. The first-order valence-corrected chi connectivity index (χ1v) is 6.52. The van der Waals surface area contributed by atoms with Crippen LogP contribution in [-0.2, 0) is 0 Å². The summed E-state index contributed by atoms with van der Waals surface area (Å²) in [5.41, 5.74) is 1.09. The molecule has 0 saturated heterocycles. The summed E-state index contributed by atoms with van der Waals surface area (Å²) in [4.78, 5) is 9.67. The van der Waals surface area contributed by atoms with Crippen LogP contribution in [0.2, 0.25) is 0 Å². The molecule has 20 heavy (non-hydrogen) atoms. The highest BCUT2D eigenvalue weighted by Gasteiger charge is 2.11. The summed E-state index contributed by atoms with van der Waals surface area (Å²) in [5.74, 6) is -0.0984. The molecule has 0 radical (unpaired) electrons. The molecular weight excluding hydrogens is 258 g/mol. The third-order valence-electron chi connectivity index (χ3n) is 2.58. The van der Waals surface area contributed by atoms with Crippen LogP contribution in [0.5, 0.6) is 0 Å². The van der Waals surface area contributed by atoms with E-state index < -0.39 is 4.92 Å². The van der Waals surface area contributed by atoms with Gasteiger partial charge in [-0.15, -0.1) is 0 Å². The number of hydrogen-bond acceptors (Lipinski definition) is 4. The van der Waals surface area contributed by atoms with Gasteiger partial charge in [0.1, 0.15) is 0 Å². The lowest BCUT2D eigenvalue weighted by Crippen LogP contribution is -2.01. The number of rotatable bonds is 3. The van der Waals surface area contributed by atoms with Crippen molar-refractivity contribution in [3.05, 3.63) is 40.3 Å². The number of aryl methyl sites for hydroxylation is 1. The second-order valence-electron chi connectivity index (χ2n) is 5.04. The maximum absolute atomic E-state index is 10.2. The summed E-state index contributed by atoms with van der Waals surface area (Å²) in [6.45, 7) is 10.1. The summed E-state index contributed by atoms with van der Waals surface area (Å²) in [6.07, 6.45) is 3.60. The van der Waals surface area contributed by atoms with Crippen molar-refractivity contribution in [1.29, 1.82) is 0 Å². The highest BCUT2D eigenvalue weighted by Crippen LogP contribution is 2.09. The van der Waals surface area contributed by atoms with E-state index in [2.05, 4.69) is 24.0 Å². The molecule has 2 rings (SSSR count). The fourth-order valence-corrected chi connectivity index (χ4v) is 1.43. The standard InChI is InChI=1S/C7H12N2.C6H9N3O2/c1-6(2)9-5-4-7(3)8-9;1-5(2)8-4-3-6(7-8)9(10)11/h4-6H,1-3H3;3-5H,1-2H3. The molecule has 0 spiro atoms. The number of aromatic nitrogens is 4. The minimum absolute atomic E-state index is 0.0984. The molecule has 0 bridgehead atoms. The Kier molecular flexibility index (Phi) is 5.42. The smallest absolute Gasteiger partial charge is 0.358 e. The Hall–Kier alpha value is -2.18. The fraction of sp³-hybridized carbons (Fsp3) is 0.538. The van der Waals surface area contributed by atoms with Crippen LogP contribution in [0.4, 0.5) is 5.82 Å². The molecule has 2 heterocycles. The highest BCUT2D eigenvalue weighted by molar-refractivity contribution is 5.14. The van der Waals surface area contributed by atoms with Crippen LogP contribution >= 0.6 is 0 Å². The van der Waals surface area contributed by atoms with Crippen molar-refractivity contribution >= 4 is 5.82 Å². The molecule has 0 aliphatic carbocycles. The monoisotopic (exact) mass is 279 g/mol. The van der Waals surface area contributed by atoms with Gasteiger partial charge >= 0.3 is 5.82 Å². The van der Waals surface area contributed by atoms with Crippen molar-refractivity contribution in [2.75, 3.05) is 0 Å². The first-order valence-electron chi connectivity index (χ1n) is 6.52. The van der Waals surface area contributed by atoms with E-state index in [-0.39, 0.29) is 11.9 Å². The molecular formula is C13H21N5O2. The molecule has 110 valence electrons. The van der Waals surface area contributed by atoms with Gasteiger partial charge in [0.05, 0.1) is 29.1 Å². The van der Waals surface area contributed by atoms with Gasteiger partial charge in [-0.05, 0) is 45.6 Å². The van der Waals surface area contributed by atoms with Crippen molar-refractivity contribution in [3.8, 4) is 0 Å². The molecule has 0 unspecified atom stereocenters. The lowest BCUT2D eigenvalue weighted by atomic mass is 10.4. The lowest BCUT2D eigenvalue weighted by molar-refractivity contribution is -0.389. The first kappa shape index (κ1) is 15.9. The van der Waals surface area contributed by atoms with Crippen LogP contribution in [0.3, 0.4) is 0 Å². The number of nitro groups is 1. The maximum Gasteiger partial charge on any atom is 0.389 e. The van der Waals surface area contributed by atoms with Crippen LogP contribution in [-0.4, -0.2) is 24.5 Å². The van der Waals surface area contributed by atoms with Gasteiger partial charge in [0, 0.05) is 12.2 Å². The SMILES string of the molecule is CC(C)n1ccc([N+](=O)[O-])n1.Cc1ccn(C(C)C)n1. The zero-order chi connectivity index (χ0) is 15.3. The topological polar surface area (TPSA) is 78.8 Å². The summed E-state index contributed by atoms with van der Waals surface area (Å²) in [5, 5.41) is 18.1. The summed E-state index contributed by atoms with van der Waals surface area (Å²) >= 11 is 0. The Morgan fingerprint density at radius 1 is 1.05 bits per heavy atom. The second-order valence-corrected chi connectivity index (χ2v) is 5.04. The molecule has 0 fully saturated rings. The third-order valence-corrected chi connectivity index (χ3v) is 2.58. The fourth-order valence-electron chi connectivity index (χ4n) is 1.43. The molecule has 7 nitrogen and oxygen atoms in total. The predicted molar refractivity (Wildman–Crippen MR) is 76.6 cm³/mol. The minimum Gasteiger partial charge on any atom is -0.358 e. The van der Waals surface area contributed by atoms with E-state index in [1.54, 1.807) is 10.9 Å². The van der Waals surface area contributed by atoms with Gasteiger partial charge in [0.2, 0.25) is 0 Å². The van der Waals surface area contributed by atoms with E-state index in [1.807, 2.05) is 37.7 Å². The Balaban J connectivity index is 0.000000204. The Morgan fingerprint density at radius 3 is 1.80 bits per heavy atom. The van der Waals surface area contributed by atoms with Gasteiger partial charge in [0.25, 0.3) is 0 Å². The summed E-state index contributed by atoms with van der Waals surface area (Å²) < 4.78 is 3.51. The molecule has 7 heteroatoms. The van der Waals surface area contributed by atoms with Crippen molar-refractivity contribution in [2.24, 2.45) is 0 Å². The molecule has 0 aromatic carbocycles. The normalized spacial score (nSPS) is 10.6. The molecule has 0 aliphatic rings. The van der Waals surface area contributed by atoms with Crippen molar-refractivity contribution in [3.63, 3.8) is 0 Å². The molecule has 0 aliphatic heterocycles. The van der Waals surface area contributed by atoms with E-state index in [9.17, 15) is 10.1 Å². The van der Waals surface area contributed by atoms with Gasteiger partial charge in [0.15, 0.2) is 0 Å². The molecule has 0 saturated carbocycles. The van der Waals surface area contributed by atoms with E-state index in [0.29, 0.717) is 6.04 Å². The average Bonchev–Trinajstić information content (AvgIpc) is 2.97. The van der Waals surface area contributed by atoms with Crippen LogP contribution < -0.4 is 0 Å². The van der Waals surface area contributed by atoms with Crippen molar-refractivity contribution < 1.29 is 4.92 Å². The van der Waals surface area contributed by atoms with E-state index >= 15 is 0 Å². The van der Waals surface area contributed by atoms with Gasteiger partial charge in [-0.2, -0.15) is 9.78 Å². The zero-order valence-corrected chi connectivity index (χ0v) is 12.5. The number of hydrogen-bond donors (Lipinski definition) is 0. The second kappa shape index (κ2) is 6.83. The van der Waals surface area contributed by atoms with Crippen molar-refractivity contribution in [2.45, 2.75) is 46.7 Å². The van der Waals surface area contributed by atoms with Crippen molar-refractivity contribution in [1.82, 2.24) is 19.6 Å². The predicted octanol–water partition coefficient (Wildman–Crippen LogP) is 3.14. The average molecular weight is 279 g/mol. The Labute approximate surface area is 118 Å². The van der Waals surface area contributed by atoms with Gasteiger partial charge in [-0.25, -0.2) is 0 Å². The molecule has 0 N–H and O–H groups in total. The summed E-state index contributed by atoms with van der Waals surface area (Å²) in [6, 6.07) is 4.06. The quantitative estimate of drug-likeness (QED) is 0.638. The van der Waals surface area contributed by atoms with Crippen LogP contribution in [0.15, 0.2) is 24.5 Å². The Morgan fingerprint density at radius 2 is 1.55 bits per heavy atom. The zero-order valence-electron chi connectivity index (χ0n) is 12.5. The van der Waals surface area contributed by atoms with Crippen LogP contribution in [0.25, 0.3) is 0 Å². The third kappa shape index (κ3) is 4.49.